The van der Waals surface area contributed by atoms with Crippen LogP contribution < -0.4 is 20.1 Å². The number of nitrogens with zero attached hydrogens (tertiary/aromatic N) is 2. The average Bonchev–Trinajstić information content (AvgIpc) is 3.37. The van der Waals surface area contributed by atoms with Crippen molar-refractivity contribution >= 4 is 39.6 Å². The summed E-state index contributed by atoms with van der Waals surface area (Å²) in [4.78, 5) is 28.4. The number of rotatable bonds is 10. The third-order valence-corrected chi connectivity index (χ3v) is 7.97. The molecule has 2 atom stereocenters. The van der Waals surface area contributed by atoms with Crippen molar-refractivity contribution in [3.8, 4) is 17.2 Å². The lowest BCUT2D eigenvalue weighted by Crippen LogP contribution is -2.35. The summed E-state index contributed by atoms with van der Waals surface area (Å²) >= 11 is 1.04. The van der Waals surface area contributed by atoms with Gasteiger partial charge in [-0.2, -0.15) is 0 Å². The van der Waals surface area contributed by atoms with Crippen LogP contribution in [0.1, 0.15) is 38.6 Å². The Hall–Kier alpha value is -3.98. The molecule has 39 heavy (non-hydrogen) atoms. The van der Waals surface area contributed by atoms with Gasteiger partial charge < -0.3 is 19.4 Å². The minimum absolute atomic E-state index is 0.250. The molecule has 1 aliphatic heterocycles. The van der Waals surface area contributed by atoms with Crippen molar-refractivity contribution in [3.05, 3.63) is 78.1 Å². The van der Waals surface area contributed by atoms with Gasteiger partial charge in [-0.25, -0.2) is 4.98 Å². The molecule has 2 amide bonds. The molecule has 1 saturated heterocycles. The van der Waals surface area contributed by atoms with Gasteiger partial charge in [0.2, 0.25) is 5.91 Å². The fraction of sp³-hybridized carbons (Fsp3) is 0.300. The van der Waals surface area contributed by atoms with Crippen LogP contribution in [0.2, 0.25) is 0 Å². The van der Waals surface area contributed by atoms with E-state index in [1.807, 2.05) is 78.3 Å². The number of hydrogen-bond donors (Lipinski definition) is 2. The summed E-state index contributed by atoms with van der Waals surface area (Å²) < 4.78 is 13.3. The van der Waals surface area contributed by atoms with Crippen molar-refractivity contribution in [2.75, 3.05) is 5.32 Å². The van der Waals surface area contributed by atoms with Crippen LogP contribution in [0.15, 0.2) is 66.7 Å². The highest BCUT2D eigenvalue weighted by molar-refractivity contribution is 8.16. The molecule has 0 bridgehead atoms. The van der Waals surface area contributed by atoms with Crippen LogP contribution in [0.4, 0.5) is 10.5 Å². The number of amides is 2. The fourth-order valence-corrected chi connectivity index (χ4v) is 5.35. The topological polar surface area (TPSA) is 94.5 Å². The Morgan fingerprint density at radius 1 is 1.03 bits per heavy atom. The first-order valence-electron chi connectivity index (χ1n) is 13.0. The van der Waals surface area contributed by atoms with E-state index in [9.17, 15) is 9.59 Å². The van der Waals surface area contributed by atoms with Gasteiger partial charge in [0.25, 0.3) is 5.24 Å². The molecule has 0 radical (unpaired) electrons. The molecule has 1 aromatic heterocycles. The number of carbonyl (C=O) groups is 2. The second-order valence-corrected chi connectivity index (χ2v) is 11.5. The van der Waals surface area contributed by atoms with Gasteiger partial charge in [0.05, 0.1) is 11.0 Å². The van der Waals surface area contributed by atoms with E-state index in [1.54, 1.807) is 6.92 Å². The molecule has 1 aliphatic rings. The van der Waals surface area contributed by atoms with Crippen LogP contribution in [0.5, 0.6) is 17.2 Å². The fourth-order valence-electron chi connectivity index (χ4n) is 4.41. The molecule has 0 aliphatic carbocycles. The number of aryl methyl sites for hydroxylation is 1. The van der Waals surface area contributed by atoms with Gasteiger partial charge in [-0.05, 0) is 92.5 Å². The first kappa shape index (κ1) is 26.6. The number of nitrogens with one attached hydrogen (secondary N) is 2. The summed E-state index contributed by atoms with van der Waals surface area (Å²) in [6.45, 7) is 6.40. The number of carbonyl (C=O) groups excluding carboxylic acids is 2. The Bertz CT molecular complexity index is 1500. The second kappa shape index (κ2) is 11.0. The van der Waals surface area contributed by atoms with E-state index in [-0.39, 0.29) is 11.1 Å². The van der Waals surface area contributed by atoms with Crippen LogP contribution in [-0.2, 0) is 24.9 Å². The van der Waals surface area contributed by atoms with Crippen molar-refractivity contribution in [2.24, 2.45) is 7.05 Å². The maximum Gasteiger partial charge on any atom is 0.286 e. The van der Waals surface area contributed by atoms with Crippen LogP contribution in [0, 0.1) is 0 Å². The molecule has 4 aromatic rings. The Balaban J connectivity index is 1.21. The number of fused-ring (bicyclic) bond motifs is 1. The van der Waals surface area contributed by atoms with E-state index in [2.05, 4.69) is 24.5 Å². The molecule has 3 aromatic carbocycles. The van der Waals surface area contributed by atoms with Gasteiger partial charge in [-0.15, -0.1) is 0 Å². The van der Waals surface area contributed by atoms with Gasteiger partial charge in [0.15, 0.2) is 0 Å². The first-order valence-corrected chi connectivity index (χ1v) is 13.8. The summed E-state index contributed by atoms with van der Waals surface area (Å²) in [5, 5.41) is 5.52. The molecule has 5 rings (SSSR count). The highest BCUT2D eigenvalue weighted by atomic mass is 32.2. The lowest BCUT2D eigenvalue weighted by molar-refractivity contribution is -0.121. The van der Waals surface area contributed by atoms with Crippen molar-refractivity contribution < 1.29 is 19.1 Å². The summed E-state index contributed by atoms with van der Waals surface area (Å²) in [6.07, 6.45) is 1.52. The number of anilines is 1. The quantitative estimate of drug-likeness (QED) is 0.237. The minimum Gasteiger partial charge on any atom is -0.486 e. The van der Waals surface area contributed by atoms with E-state index >= 15 is 0 Å². The van der Waals surface area contributed by atoms with E-state index in [0.717, 1.165) is 57.8 Å². The third kappa shape index (κ3) is 6.04. The Morgan fingerprint density at radius 3 is 2.38 bits per heavy atom. The minimum atomic E-state index is -0.789. The summed E-state index contributed by atoms with van der Waals surface area (Å²) in [5.41, 5.74) is 3.84. The van der Waals surface area contributed by atoms with Crippen LogP contribution in [-0.4, -0.2) is 31.5 Å². The number of ether oxygens (including phenoxy) is 2. The second-order valence-electron chi connectivity index (χ2n) is 10.0. The molecule has 202 valence electrons. The zero-order chi connectivity index (χ0) is 27.6. The molecule has 1 fully saturated rings. The van der Waals surface area contributed by atoms with Crippen molar-refractivity contribution in [1.82, 2.24) is 14.9 Å². The summed E-state index contributed by atoms with van der Waals surface area (Å²) in [7, 11) is 1.96. The largest absolute Gasteiger partial charge is 0.486 e. The monoisotopic (exact) mass is 544 g/mol. The summed E-state index contributed by atoms with van der Waals surface area (Å²) in [6, 6.07) is 21.8. The molecule has 0 saturated carbocycles. The van der Waals surface area contributed by atoms with E-state index < -0.39 is 4.75 Å². The molecule has 1 unspecified atom stereocenters. The molecular weight excluding hydrogens is 512 g/mol. The van der Waals surface area contributed by atoms with Crippen LogP contribution >= 0.6 is 11.8 Å². The Kier molecular flexibility index (Phi) is 7.52. The number of aromatic nitrogens is 2. The zero-order valence-electron chi connectivity index (χ0n) is 22.5. The van der Waals surface area contributed by atoms with Crippen molar-refractivity contribution in [1.29, 1.82) is 0 Å². The average molecular weight is 545 g/mol. The van der Waals surface area contributed by atoms with Crippen molar-refractivity contribution in [3.63, 3.8) is 0 Å². The van der Waals surface area contributed by atoms with Gasteiger partial charge >= 0.3 is 0 Å². The molecular formula is C30H32N4O4S. The van der Waals surface area contributed by atoms with E-state index in [4.69, 9.17) is 14.5 Å². The number of benzene rings is 3. The smallest absolute Gasteiger partial charge is 0.286 e. The maximum absolute atomic E-state index is 12.1. The molecule has 8 nitrogen and oxygen atoms in total. The standard InChI is InChI=1S/C30H32N4O4S/c1-5-19(2)31-21-8-12-23(13-9-21)38-24-14-15-25-26(16-24)34(4)27(32-25)18-37-22-10-6-20(7-11-22)17-30(3)28(35)33-29(36)39-30/h6-16,19,31H,5,17-18H2,1-4H3,(H,33,35,36)/t19?,30-/m1/s1. The first-order chi connectivity index (χ1) is 18.7. The molecule has 0 spiro atoms. The molecule has 9 heteroatoms. The highest BCUT2D eigenvalue weighted by Gasteiger charge is 2.43. The number of hydrogen-bond acceptors (Lipinski definition) is 7. The number of imidazole rings is 1. The molecule has 2 N–H and O–H groups in total. The van der Waals surface area contributed by atoms with E-state index in [0.29, 0.717) is 24.8 Å². The highest BCUT2D eigenvalue weighted by Crippen LogP contribution is 2.35. The van der Waals surface area contributed by atoms with Gasteiger partial charge in [0, 0.05) is 24.8 Å². The number of thioether (sulfide) groups is 1. The van der Waals surface area contributed by atoms with Crippen LogP contribution in [0.25, 0.3) is 11.0 Å². The van der Waals surface area contributed by atoms with E-state index in [1.165, 1.54) is 0 Å². The summed E-state index contributed by atoms with van der Waals surface area (Å²) in [5.74, 6) is 2.75. The lowest BCUT2D eigenvalue weighted by atomic mass is 9.99. The third-order valence-electron chi connectivity index (χ3n) is 6.91. The lowest BCUT2D eigenvalue weighted by Gasteiger charge is -2.18. The predicted octanol–water partition coefficient (Wildman–Crippen LogP) is 6.44. The predicted molar refractivity (Wildman–Crippen MR) is 155 cm³/mol. The van der Waals surface area contributed by atoms with Crippen LogP contribution in [0.3, 0.4) is 0 Å². The number of imide groups is 1. The Morgan fingerprint density at radius 2 is 1.72 bits per heavy atom. The van der Waals surface area contributed by atoms with Crippen molar-refractivity contribution in [2.45, 2.75) is 51.0 Å². The zero-order valence-corrected chi connectivity index (χ0v) is 23.3. The molecule has 2 heterocycles. The Labute approximate surface area is 232 Å². The van der Waals surface area contributed by atoms with Gasteiger partial charge in [-0.3, -0.25) is 14.9 Å². The van der Waals surface area contributed by atoms with Gasteiger partial charge in [-0.1, -0.05) is 19.1 Å². The maximum atomic E-state index is 12.1. The van der Waals surface area contributed by atoms with Gasteiger partial charge in [0.1, 0.15) is 34.4 Å². The SMILES string of the molecule is CCC(C)Nc1ccc(Oc2ccc3nc(COc4ccc(C[C@@]5(C)SC(=O)NC5=O)cc4)n(C)c3c2)cc1. The normalized spacial score (nSPS) is 17.7.